The van der Waals surface area contributed by atoms with Gasteiger partial charge in [-0.3, -0.25) is 9.69 Å². The summed E-state index contributed by atoms with van der Waals surface area (Å²) in [6.07, 6.45) is 22.9. The van der Waals surface area contributed by atoms with Crippen LogP contribution in [0.15, 0.2) is 12.1 Å². The summed E-state index contributed by atoms with van der Waals surface area (Å²) in [5, 5.41) is 41.7. The topological polar surface area (TPSA) is 110 Å². The van der Waals surface area contributed by atoms with E-state index in [2.05, 4.69) is 11.8 Å². The summed E-state index contributed by atoms with van der Waals surface area (Å²) in [5.74, 6) is 0.766. The summed E-state index contributed by atoms with van der Waals surface area (Å²) in [5.41, 5.74) is 0.712. The van der Waals surface area contributed by atoms with Gasteiger partial charge < -0.3 is 25.2 Å². The molecule has 0 amide bonds. The van der Waals surface area contributed by atoms with Crippen molar-refractivity contribution < 1.29 is 30.0 Å². The number of carboxylic acid groups (broad SMARTS) is 1. The number of ether oxygens (including phenoxy) is 1. The number of piperidine rings is 1. The molecule has 6 rings (SSSR count). The number of carbonyl (C=O) groups is 1. The zero-order valence-corrected chi connectivity index (χ0v) is 27.3. The molecule has 2 bridgehead atoms. The Balaban J connectivity index is 0.000000190. The van der Waals surface area contributed by atoms with E-state index in [9.17, 15) is 20.1 Å². The van der Waals surface area contributed by atoms with Gasteiger partial charge in [0.15, 0.2) is 11.5 Å². The predicted octanol–water partition coefficient (Wildman–Crippen LogP) is 7.26. The van der Waals surface area contributed by atoms with Gasteiger partial charge in [-0.25, -0.2) is 0 Å². The van der Waals surface area contributed by atoms with Crippen molar-refractivity contribution >= 4 is 5.97 Å². The quantitative estimate of drug-likeness (QED) is 0.145. The minimum Gasteiger partial charge on any atom is -0.504 e. The minimum atomic E-state index is -0.884. The van der Waals surface area contributed by atoms with Crippen molar-refractivity contribution in [1.82, 2.24) is 4.90 Å². The number of unbranched alkanes of at least 4 members (excludes halogenated alkanes) is 12. The Morgan fingerprint density at radius 2 is 1.57 bits per heavy atom. The van der Waals surface area contributed by atoms with Crippen molar-refractivity contribution in [3.8, 4) is 11.5 Å². The molecule has 1 aromatic carbocycles. The summed E-state index contributed by atoms with van der Waals surface area (Å²) in [6.45, 7) is 4.28. The Morgan fingerprint density at radius 3 is 2.16 bits per heavy atom. The second-order valence-electron chi connectivity index (χ2n) is 14.6. The number of aliphatic carboxylic acids is 1. The van der Waals surface area contributed by atoms with Gasteiger partial charge in [0.25, 0.3) is 0 Å². The van der Waals surface area contributed by atoms with Crippen molar-refractivity contribution in [2.45, 2.75) is 171 Å². The van der Waals surface area contributed by atoms with E-state index < -0.39 is 29.2 Å². The Morgan fingerprint density at radius 1 is 0.932 bits per heavy atom. The van der Waals surface area contributed by atoms with E-state index in [0.717, 1.165) is 50.3 Å². The van der Waals surface area contributed by atoms with Crippen LogP contribution in [0.1, 0.15) is 146 Å². The summed E-state index contributed by atoms with van der Waals surface area (Å²) in [6, 6.07) is 3.80. The first-order valence-corrected chi connectivity index (χ1v) is 18.2. The molecule has 7 heteroatoms. The molecule has 2 heterocycles. The molecule has 7 nitrogen and oxygen atoms in total. The van der Waals surface area contributed by atoms with Crippen molar-refractivity contribution in [1.29, 1.82) is 0 Å². The van der Waals surface area contributed by atoms with Crippen molar-refractivity contribution in [2.75, 3.05) is 13.1 Å². The normalized spacial score (nSPS) is 30.1. The second kappa shape index (κ2) is 15.2. The zero-order chi connectivity index (χ0) is 31.2. The number of carboxylic acids is 1. The predicted molar refractivity (Wildman–Crippen MR) is 173 cm³/mol. The highest BCUT2D eigenvalue weighted by Gasteiger charge is 2.72. The number of hydrogen-bond acceptors (Lipinski definition) is 6. The second-order valence-corrected chi connectivity index (χ2v) is 14.6. The number of hydrogen-bond donors (Lipinski definition) is 4. The number of aliphatic hydroxyl groups excluding tert-OH is 1. The van der Waals surface area contributed by atoms with Gasteiger partial charge in [-0.15, -0.1) is 0 Å². The maximum atomic E-state index is 12.1. The molecule has 1 saturated heterocycles. The molecule has 248 valence electrons. The maximum Gasteiger partial charge on any atom is 0.303 e. The third-order valence-electron chi connectivity index (χ3n) is 11.8. The van der Waals surface area contributed by atoms with Gasteiger partial charge in [-0.1, -0.05) is 96.5 Å². The monoisotopic (exact) mass is 613 g/mol. The Labute approximate surface area is 265 Å². The molecular weight excluding hydrogens is 554 g/mol. The zero-order valence-electron chi connectivity index (χ0n) is 27.3. The van der Waals surface area contributed by atoms with E-state index in [0.29, 0.717) is 25.0 Å². The SMILES string of the molecule is CCCCCCCCCCCCCCCC(=O)O.Oc1ccc2c3c1O[C@H]1[C@@H](O)CC[C@@]4(O)[C@@H](C2)N(CC2CCC2)CC[C@]314. The van der Waals surface area contributed by atoms with E-state index in [4.69, 9.17) is 9.84 Å². The molecule has 0 aromatic heterocycles. The van der Waals surface area contributed by atoms with Crippen LogP contribution in [-0.4, -0.2) is 68.2 Å². The lowest BCUT2D eigenvalue weighted by Crippen LogP contribution is -2.77. The molecule has 0 radical (unpaired) electrons. The molecule has 5 aliphatic rings. The Hall–Kier alpha value is -1.83. The molecule has 1 spiro atoms. The standard InChI is InChI=1S/C21H27NO4.C16H32O2/c23-14-5-4-13-10-16-21(25)7-6-15(24)19-20(21,17(13)18(14)26-19)8-9-22(16)11-12-2-1-3-12;1-2-3-4-5-6-7-8-9-10-11-12-13-14-15-16(17)18/h4-5,12,15-16,19,23-25H,1-3,6-11H2;2-15H2,1H3,(H,17,18)/t15-,16+,19-,20-,21+;/m0./s1. The number of phenols is 1. The lowest BCUT2D eigenvalue weighted by atomic mass is 9.48. The number of likely N-dealkylation sites (tertiary alicyclic amines) is 1. The summed E-state index contributed by atoms with van der Waals surface area (Å²) in [4.78, 5) is 12.8. The molecule has 44 heavy (non-hydrogen) atoms. The molecule has 3 fully saturated rings. The van der Waals surface area contributed by atoms with Gasteiger partial charge in [-0.05, 0) is 69.0 Å². The van der Waals surface area contributed by atoms with E-state index >= 15 is 0 Å². The molecule has 0 unspecified atom stereocenters. The van der Waals surface area contributed by atoms with Crippen molar-refractivity contribution in [3.05, 3.63) is 23.3 Å². The first-order chi connectivity index (χ1) is 21.3. The maximum absolute atomic E-state index is 12.1. The molecule has 4 N–H and O–H groups in total. The average molecular weight is 614 g/mol. The van der Waals surface area contributed by atoms with Gasteiger partial charge in [0.1, 0.15) is 6.10 Å². The lowest BCUT2D eigenvalue weighted by molar-refractivity contribution is -0.209. The summed E-state index contributed by atoms with van der Waals surface area (Å²) in [7, 11) is 0. The fourth-order valence-corrected chi connectivity index (χ4v) is 9.12. The van der Waals surface area contributed by atoms with E-state index in [1.807, 2.05) is 6.07 Å². The highest BCUT2D eigenvalue weighted by atomic mass is 16.5. The lowest BCUT2D eigenvalue weighted by Gasteiger charge is -2.64. The van der Waals surface area contributed by atoms with Crippen LogP contribution >= 0.6 is 0 Å². The molecular formula is C37H59NO6. The fraction of sp³-hybridized carbons (Fsp3) is 0.811. The number of rotatable bonds is 16. The van der Waals surface area contributed by atoms with Gasteiger partial charge in [-0.2, -0.15) is 0 Å². The van der Waals surface area contributed by atoms with Crippen LogP contribution in [0.5, 0.6) is 11.5 Å². The summed E-state index contributed by atoms with van der Waals surface area (Å²) >= 11 is 0. The van der Waals surface area contributed by atoms with Gasteiger partial charge in [0.2, 0.25) is 0 Å². The van der Waals surface area contributed by atoms with Crippen LogP contribution < -0.4 is 4.74 Å². The Kier molecular flexibility index (Phi) is 11.6. The molecule has 2 aliphatic heterocycles. The number of benzene rings is 1. The van der Waals surface area contributed by atoms with E-state index in [-0.39, 0.29) is 11.8 Å². The molecule has 2 saturated carbocycles. The average Bonchev–Trinajstić information content (AvgIpc) is 3.34. The number of nitrogens with zero attached hydrogens (tertiary/aromatic N) is 1. The smallest absolute Gasteiger partial charge is 0.303 e. The first-order valence-electron chi connectivity index (χ1n) is 18.2. The number of aliphatic hydroxyl groups is 2. The fourth-order valence-electron chi connectivity index (χ4n) is 9.12. The van der Waals surface area contributed by atoms with Crippen molar-refractivity contribution in [2.24, 2.45) is 5.92 Å². The Bertz CT molecular complexity index is 1090. The van der Waals surface area contributed by atoms with Crippen LogP contribution in [0.2, 0.25) is 0 Å². The minimum absolute atomic E-state index is 0.0819. The third kappa shape index (κ3) is 6.80. The third-order valence-corrected chi connectivity index (χ3v) is 11.8. The number of aromatic hydroxyl groups is 1. The van der Waals surface area contributed by atoms with Crippen LogP contribution in [0.3, 0.4) is 0 Å². The molecule has 3 aliphatic carbocycles. The molecule has 5 atom stereocenters. The van der Waals surface area contributed by atoms with Gasteiger partial charge >= 0.3 is 5.97 Å². The number of phenolic OH excluding ortho intramolecular Hbond substituents is 1. The van der Waals surface area contributed by atoms with E-state index in [1.54, 1.807) is 6.07 Å². The van der Waals surface area contributed by atoms with Crippen molar-refractivity contribution in [3.63, 3.8) is 0 Å². The van der Waals surface area contributed by atoms with Crippen LogP contribution in [0.25, 0.3) is 0 Å². The molecule has 1 aromatic rings. The van der Waals surface area contributed by atoms with E-state index in [1.165, 1.54) is 95.5 Å². The highest BCUT2D eigenvalue weighted by molar-refractivity contribution is 5.66. The summed E-state index contributed by atoms with van der Waals surface area (Å²) < 4.78 is 6.16. The van der Waals surface area contributed by atoms with Crippen LogP contribution in [0, 0.1) is 5.92 Å². The highest BCUT2D eigenvalue weighted by Crippen LogP contribution is 2.65. The van der Waals surface area contributed by atoms with Gasteiger partial charge in [0.05, 0.1) is 17.1 Å². The van der Waals surface area contributed by atoms with Gasteiger partial charge in [0, 0.05) is 24.6 Å². The van der Waals surface area contributed by atoms with Crippen LogP contribution in [-0.2, 0) is 16.6 Å². The van der Waals surface area contributed by atoms with Crippen LogP contribution in [0.4, 0.5) is 0 Å². The largest absolute Gasteiger partial charge is 0.504 e. The first kappa shape index (κ1) is 33.5.